The number of ether oxygens (including phenoxy) is 1. The van der Waals surface area contributed by atoms with Gasteiger partial charge in [0.25, 0.3) is 5.91 Å². The highest BCUT2D eigenvalue weighted by Crippen LogP contribution is 2.24. The van der Waals surface area contributed by atoms with Gasteiger partial charge in [0.2, 0.25) is 0 Å². The summed E-state index contributed by atoms with van der Waals surface area (Å²) in [4.78, 5) is 11.8. The highest BCUT2D eigenvalue weighted by Gasteiger charge is 2.09. The Bertz CT molecular complexity index is 660. The van der Waals surface area contributed by atoms with Gasteiger partial charge in [-0.1, -0.05) is 17.7 Å². The molecular formula is C17H22N4O2. The first-order chi connectivity index (χ1) is 11.0. The highest BCUT2D eigenvalue weighted by molar-refractivity contribution is 5.92. The van der Waals surface area contributed by atoms with Gasteiger partial charge in [-0.15, -0.1) is 10.2 Å². The third-order valence-corrected chi connectivity index (χ3v) is 3.42. The molecule has 0 atom stereocenters. The number of benzene rings is 1. The predicted molar refractivity (Wildman–Crippen MR) is 90.2 cm³/mol. The Morgan fingerprint density at radius 1 is 1.13 bits per heavy atom. The van der Waals surface area contributed by atoms with E-state index in [0.29, 0.717) is 19.0 Å². The van der Waals surface area contributed by atoms with E-state index in [1.54, 1.807) is 19.2 Å². The summed E-state index contributed by atoms with van der Waals surface area (Å²) >= 11 is 0. The number of carbonyl (C=O) groups excluding carboxylic acids is 1. The normalized spacial score (nSPS) is 10.4. The molecule has 2 aromatic rings. The second-order valence-corrected chi connectivity index (χ2v) is 5.45. The highest BCUT2D eigenvalue weighted by atomic mass is 16.5. The minimum Gasteiger partial charge on any atom is -0.383 e. The molecule has 1 amide bonds. The first kappa shape index (κ1) is 16.9. The van der Waals surface area contributed by atoms with Gasteiger partial charge in [-0.3, -0.25) is 4.79 Å². The number of hydrogen-bond donors (Lipinski definition) is 2. The molecule has 6 nitrogen and oxygen atoms in total. The van der Waals surface area contributed by atoms with Crippen LogP contribution in [0, 0.1) is 20.8 Å². The van der Waals surface area contributed by atoms with Crippen molar-refractivity contribution in [2.45, 2.75) is 20.8 Å². The molecule has 2 rings (SSSR count). The molecule has 0 saturated carbocycles. The van der Waals surface area contributed by atoms with Crippen LogP contribution in [0.1, 0.15) is 27.2 Å². The van der Waals surface area contributed by atoms with Gasteiger partial charge in [0, 0.05) is 19.3 Å². The molecule has 0 radical (unpaired) electrons. The molecule has 1 aromatic heterocycles. The molecule has 0 aliphatic heterocycles. The van der Waals surface area contributed by atoms with E-state index in [9.17, 15) is 4.79 Å². The standard InChI is InChI=1S/C17H22N4O2/c1-11-9-12(2)16(13(3)10-11)19-15-6-5-14(20-21-15)17(22)18-7-8-23-4/h5-6,9-10H,7-8H2,1-4H3,(H,18,22)(H,19,21). The SMILES string of the molecule is COCCNC(=O)c1ccc(Nc2c(C)cc(C)cc2C)nn1. The number of nitrogens with zero attached hydrogens (tertiary/aromatic N) is 2. The van der Waals surface area contributed by atoms with Crippen LogP contribution < -0.4 is 10.6 Å². The van der Waals surface area contributed by atoms with Crippen molar-refractivity contribution in [3.8, 4) is 0 Å². The number of rotatable bonds is 6. The fourth-order valence-corrected chi connectivity index (χ4v) is 2.38. The molecule has 0 fully saturated rings. The average molecular weight is 314 g/mol. The molecule has 0 spiro atoms. The van der Waals surface area contributed by atoms with Crippen molar-refractivity contribution in [2.75, 3.05) is 25.6 Å². The molecular weight excluding hydrogens is 292 g/mol. The molecule has 1 aromatic carbocycles. The quantitative estimate of drug-likeness (QED) is 0.801. The molecule has 1 heterocycles. The first-order valence-electron chi connectivity index (χ1n) is 7.47. The lowest BCUT2D eigenvalue weighted by atomic mass is 10.1. The number of aromatic nitrogens is 2. The van der Waals surface area contributed by atoms with Gasteiger partial charge < -0.3 is 15.4 Å². The van der Waals surface area contributed by atoms with Gasteiger partial charge >= 0.3 is 0 Å². The third kappa shape index (κ3) is 4.50. The zero-order valence-electron chi connectivity index (χ0n) is 13.9. The Morgan fingerprint density at radius 3 is 2.39 bits per heavy atom. The van der Waals surface area contributed by atoms with E-state index < -0.39 is 0 Å². The number of carbonyl (C=O) groups is 1. The Morgan fingerprint density at radius 2 is 1.83 bits per heavy atom. The Kier molecular flexibility index (Phi) is 5.65. The fraction of sp³-hybridized carbons (Fsp3) is 0.353. The first-order valence-corrected chi connectivity index (χ1v) is 7.47. The van der Waals surface area contributed by atoms with Crippen LogP contribution in [-0.4, -0.2) is 36.4 Å². The van der Waals surface area contributed by atoms with Crippen molar-refractivity contribution in [1.82, 2.24) is 15.5 Å². The minimum atomic E-state index is -0.260. The van der Waals surface area contributed by atoms with Crippen molar-refractivity contribution in [3.05, 3.63) is 46.6 Å². The van der Waals surface area contributed by atoms with Crippen LogP contribution in [0.5, 0.6) is 0 Å². The van der Waals surface area contributed by atoms with E-state index in [1.807, 2.05) is 13.8 Å². The van der Waals surface area contributed by atoms with E-state index in [1.165, 1.54) is 5.56 Å². The van der Waals surface area contributed by atoms with Gasteiger partial charge in [-0.05, 0) is 44.0 Å². The minimum absolute atomic E-state index is 0.260. The molecule has 6 heteroatoms. The maximum Gasteiger partial charge on any atom is 0.271 e. The molecule has 122 valence electrons. The van der Waals surface area contributed by atoms with Crippen LogP contribution in [0.3, 0.4) is 0 Å². The van der Waals surface area contributed by atoms with E-state index in [2.05, 4.69) is 39.9 Å². The molecule has 23 heavy (non-hydrogen) atoms. The van der Waals surface area contributed by atoms with Crippen LogP contribution in [0.25, 0.3) is 0 Å². The summed E-state index contributed by atoms with van der Waals surface area (Å²) in [5.74, 6) is 0.345. The average Bonchev–Trinajstić information content (AvgIpc) is 2.51. The number of methoxy groups -OCH3 is 1. The number of nitrogens with one attached hydrogen (secondary N) is 2. The number of anilines is 2. The lowest BCUT2D eigenvalue weighted by Gasteiger charge is -2.13. The lowest BCUT2D eigenvalue weighted by Crippen LogP contribution is -2.27. The summed E-state index contributed by atoms with van der Waals surface area (Å²) in [5, 5.41) is 14.0. The monoisotopic (exact) mass is 314 g/mol. The largest absolute Gasteiger partial charge is 0.383 e. The van der Waals surface area contributed by atoms with Crippen molar-refractivity contribution < 1.29 is 9.53 Å². The van der Waals surface area contributed by atoms with Gasteiger partial charge in [0.15, 0.2) is 11.5 Å². The third-order valence-electron chi connectivity index (χ3n) is 3.42. The van der Waals surface area contributed by atoms with Gasteiger partial charge in [0.1, 0.15) is 0 Å². The second-order valence-electron chi connectivity index (χ2n) is 5.45. The molecule has 0 aliphatic rings. The van der Waals surface area contributed by atoms with Gasteiger partial charge in [-0.25, -0.2) is 0 Å². The van der Waals surface area contributed by atoms with E-state index >= 15 is 0 Å². The Balaban J connectivity index is 2.07. The van der Waals surface area contributed by atoms with Crippen molar-refractivity contribution in [2.24, 2.45) is 0 Å². The Hall–Kier alpha value is -2.47. The van der Waals surface area contributed by atoms with E-state index in [0.717, 1.165) is 16.8 Å². The lowest BCUT2D eigenvalue weighted by molar-refractivity contribution is 0.0931. The van der Waals surface area contributed by atoms with Gasteiger partial charge in [0.05, 0.1) is 6.61 Å². The second kappa shape index (κ2) is 7.69. The summed E-state index contributed by atoms with van der Waals surface area (Å²) < 4.78 is 4.88. The summed E-state index contributed by atoms with van der Waals surface area (Å²) in [6, 6.07) is 7.62. The van der Waals surface area contributed by atoms with Gasteiger partial charge in [-0.2, -0.15) is 0 Å². The number of aryl methyl sites for hydroxylation is 3. The van der Waals surface area contributed by atoms with Crippen molar-refractivity contribution in [1.29, 1.82) is 0 Å². The fourth-order valence-electron chi connectivity index (χ4n) is 2.38. The predicted octanol–water partition coefficient (Wildman–Crippen LogP) is 2.52. The molecule has 0 aliphatic carbocycles. The van der Waals surface area contributed by atoms with Crippen LogP contribution in [-0.2, 0) is 4.74 Å². The Labute approximate surface area is 136 Å². The summed E-state index contributed by atoms with van der Waals surface area (Å²) in [6.45, 7) is 7.07. The molecule has 2 N–H and O–H groups in total. The number of amides is 1. The van der Waals surface area contributed by atoms with Crippen molar-refractivity contribution in [3.63, 3.8) is 0 Å². The van der Waals surface area contributed by atoms with Crippen LogP contribution in [0.15, 0.2) is 24.3 Å². The van der Waals surface area contributed by atoms with Crippen LogP contribution in [0.4, 0.5) is 11.5 Å². The zero-order valence-corrected chi connectivity index (χ0v) is 13.9. The maximum absolute atomic E-state index is 11.8. The van der Waals surface area contributed by atoms with Crippen LogP contribution >= 0.6 is 0 Å². The van der Waals surface area contributed by atoms with E-state index in [-0.39, 0.29) is 11.6 Å². The summed E-state index contributed by atoms with van der Waals surface area (Å²) in [6.07, 6.45) is 0. The van der Waals surface area contributed by atoms with Crippen molar-refractivity contribution >= 4 is 17.4 Å². The summed E-state index contributed by atoms with van der Waals surface area (Å²) in [5.41, 5.74) is 4.81. The molecule has 0 bridgehead atoms. The molecule has 0 saturated heterocycles. The maximum atomic E-state index is 11.8. The zero-order chi connectivity index (χ0) is 16.8. The van der Waals surface area contributed by atoms with E-state index in [4.69, 9.17) is 4.74 Å². The number of hydrogen-bond acceptors (Lipinski definition) is 5. The van der Waals surface area contributed by atoms with Crippen LogP contribution in [0.2, 0.25) is 0 Å². The topological polar surface area (TPSA) is 76.1 Å². The summed E-state index contributed by atoms with van der Waals surface area (Å²) in [7, 11) is 1.58. The smallest absolute Gasteiger partial charge is 0.271 e. The molecule has 0 unspecified atom stereocenters.